The van der Waals surface area contributed by atoms with Crippen LogP contribution < -0.4 is 5.73 Å². The summed E-state index contributed by atoms with van der Waals surface area (Å²) >= 11 is 3.34. The van der Waals surface area contributed by atoms with Crippen molar-refractivity contribution >= 4 is 21.6 Å². The number of rotatable bonds is 3. The first-order chi connectivity index (χ1) is 9.79. The second-order valence-electron chi connectivity index (χ2n) is 4.65. The van der Waals surface area contributed by atoms with E-state index in [0.29, 0.717) is 0 Å². The van der Waals surface area contributed by atoms with Gasteiger partial charge in [0.05, 0.1) is 11.7 Å². The van der Waals surface area contributed by atoms with Gasteiger partial charge in [0.1, 0.15) is 0 Å². The molecule has 0 heterocycles. The van der Waals surface area contributed by atoms with Crippen LogP contribution in [0, 0.1) is 0 Å². The fraction of sp³-hybridized carbons (Fsp3) is 0.200. The number of nitrogens with two attached hydrogens (primary N) is 1. The highest BCUT2D eigenvalue weighted by molar-refractivity contribution is 9.10. The molecule has 6 heteroatoms. The highest BCUT2D eigenvalue weighted by atomic mass is 79.9. The van der Waals surface area contributed by atoms with Crippen molar-refractivity contribution in [2.24, 2.45) is 0 Å². The van der Waals surface area contributed by atoms with Crippen LogP contribution in [-0.2, 0) is 12.6 Å². The molecule has 2 nitrogen and oxygen atoms in total. The zero-order valence-electron chi connectivity index (χ0n) is 10.9. The predicted octanol–water partition coefficient (Wildman–Crippen LogP) is 4.33. The Kier molecular flexibility index (Phi) is 4.58. The first kappa shape index (κ1) is 15.9. The average Bonchev–Trinajstić information content (AvgIpc) is 2.40. The zero-order valence-corrected chi connectivity index (χ0v) is 12.4. The monoisotopic (exact) mass is 359 g/mol. The molecule has 0 amide bonds. The van der Waals surface area contributed by atoms with Crippen molar-refractivity contribution < 1.29 is 18.3 Å². The molecule has 3 N–H and O–H groups in total. The highest BCUT2D eigenvalue weighted by Crippen LogP contribution is 2.34. The summed E-state index contributed by atoms with van der Waals surface area (Å²) in [5, 5.41) is 10.2. The van der Waals surface area contributed by atoms with E-state index in [1.54, 1.807) is 18.2 Å². The molecule has 0 aliphatic carbocycles. The van der Waals surface area contributed by atoms with E-state index in [2.05, 4.69) is 15.9 Å². The Labute approximate surface area is 128 Å². The van der Waals surface area contributed by atoms with E-state index >= 15 is 0 Å². The van der Waals surface area contributed by atoms with Crippen molar-refractivity contribution in [2.75, 3.05) is 5.73 Å². The van der Waals surface area contributed by atoms with Crippen molar-refractivity contribution in [3.63, 3.8) is 0 Å². The number of aliphatic hydroxyl groups excluding tert-OH is 1. The van der Waals surface area contributed by atoms with Crippen LogP contribution in [0.3, 0.4) is 0 Å². The summed E-state index contributed by atoms with van der Waals surface area (Å²) < 4.78 is 39.0. The van der Waals surface area contributed by atoms with Gasteiger partial charge in [-0.15, -0.1) is 0 Å². The molecule has 112 valence electrons. The maximum absolute atomic E-state index is 12.7. The molecule has 0 aliphatic heterocycles. The fourth-order valence-corrected chi connectivity index (χ4v) is 2.47. The number of hydrogen-bond acceptors (Lipinski definition) is 2. The maximum Gasteiger partial charge on any atom is 0.416 e. The molecule has 1 unspecified atom stereocenters. The molecule has 0 fully saturated rings. The normalized spacial score (nSPS) is 13.2. The van der Waals surface area contributed by atoms with Crippen LogP contribution in [0.1, 0.15) is 22.8 Å². The molecule has 21 heavy (non-hydrogen) atoms. The Morgan fingerprint density at radius 2 is 1.81 bits per heavy atom. The summed E-state index contributed by atoms with van der Waals surface area (Å²) in [6, 6.07) is 10.2. The molecule has 2 aromatic rings. The lowest BCUT2D eigenvalue weighted by Crippen LogP contribution is -2.10. The standard InChI is InChI=1S/C15H13BrF3NO/c16-12-4-2-1-3-9(12)7-14(21)11-8-10(15(17,18)19)5-6-13(11)20/h1-6,8,14,21H,7,20H2. The second-order valence-corrected chi connectivity index (χ2v) is 5.51. The molecule has 0 radical (unpaired) electrons. The van der Waals surface area contributed by atoms with E-state index in [-0.39, 0.29) is 17.7 Å². The number of alkyl halides is 3. The number of hydrogen-bond donors (Lipinski definition) is 2. The highest BCUT2D eigenvalue weighted by Gasteiger charge is 2.31. The minimum Gasteiger partial charge on any atom is -0.398 e. The number of halogens is 4. The quantitative estimate of drug-likeness (QED) is 0.801. The Morgan fingerprint density at radius 3 is 2.43 bits per heavy atom. The maximum atomic E-state index is 12.7. The number of aliphatic hydroxyl groups is 1. The van der Waals surface area contributed by atoms with Gasteiger partial charge in [-0.3, -0.25) is 0 Å². The topological polar surface area (TPSA) is 46.2 Å². The summed E-state index contributed by atoms with van der Waals surface area (Å²) in [6.45, 7) is 0. The summed E-state index contributed by atoms with van der Waals surface area (Å²) in [4.78, 5) is 0. The van der Waals surface area contributed by atoms with E-state index in [0.717, 1.165) is 22.2 Å². The molecule has 0 aliphatic rings. The van der Waals surface area contributed by atoms with Crippen molar-refractivity contribution in [3.8, 4) is 0 Å². The molecular weight excluding hydrogens is 347 g/mol. The third-order valence-corrected chi connectivity index (χ3v) is 3.92. The van der Waals surface area contributed by atoms with E-state index in [1.807, 2.05) is 6.07 Å². The van der Waals surface area contributed by atoms with Gasteiger partial charge < -0.3 is 10.8 Å². The number of nitrogen functional groups attached to an aromatic ring is 1. The first-order valence-electron chi connectivity index (χ1n) is 6.17. The molecular formula is C15H13BrF3NO. The zero-order chi connectivity index (χ0) is 15.6. The second kappa shape index (κ2) is 6.07. The fourth-order valence-electron chi connectivity index (χ4n) is 2.02. The van der Waals surface area contributed by atoms with Crippen LogP contribution in [0.5, 0.6) is 0 Å². The lowest BCUT2D eigenvalue weighted by molar-refractivity contribution is -0.137. The lowest BCUT2D eigenvalue weighted by Gasteiger charge is -2.16. The molecule has 1 atom stereocenters. The van der Waals surface area contributed by atoms with Crippen molar-refractivity contribution in [2.45, 2.75) is 18.7 Å². The van der Waals surface area contributed by atoms with Crippen LogP contribution >= 0.6 is 15.9 Å². The van der Waals surface area contributed by atoms with Gasteiger partial charge in [-0.1, -0.05) is 34.1 Å². The van der Waals surface area contributed by atoms with Crippen LogP contribution in [0.4, 0.5) is 18.9 Å². The Balaban J connectivity index is 2.31. The number of anilines is 1. The summed E-state index contributed by atoms with van der Waals surface area (Å²) in [5.74, 6) is 0. The van der Waals surface area contributed by atoms with Crippen LogP contribution in [0.25, 0.3) is 0 Å². The van der Waals surface area contributed by atoms with Crippen LogP contribution in [0.2, 0.25) is 0 Å². The molecule has 2 aromatic carbocycles. The molecule has 0 bridgehead atoms. The van der Waals surface area contributed by atoms with Gasteiger partial charge in [-0.05, 0) is 29.8 Å². The van der Waals surface area contributed by atoms with Gasteiger partial charge in [0.15, 0.2) is 0 Å². The average molecular weight is 360 g/mol. The Hall–Kier alpha value is -1.53. The lowest BCUT2D eigenvalue weighted by atomic mass is 9.98. The third kappa shape index (κ3) is 3.77. The van der Waals surface area contributed by atoms with Crippen molar-refractivity contribution in [3.05, 3.63) is 63.6 Å². The van der Waals surface area contributed by atoms with Gasteiger partial charge in [-0.25, -0.2) is 0 Å². The molecule has 0 spiro atoms. The van der Waals surface area contributed by atoms with Gasteiger partial charge in [0, 0.05) is 22.1 Å². The summed E-state index contributed by atoms with van der Waals surface area (Å²) in [6.07, 6.45) is -5.39. The molecule has 0 saturated carbocycles. The SMILES string of the molecule is Nc1ccc(C(F)(F)F)cc1C(O)Cc1ccccc1Br. The van der Waals surface area contributed by atoms with Crippen LogP contribution in [0.15, 0.2) is 46.9 Å². The van der Waals surface area contributed by atoms with Gasteiger partial charge in [0.2, 0.25) is 0 Å². The summed E-state index contributed by atoms with van der Waals surface area (Å²) in [5.41, 5.74) is 5.88. The van der Waals surface area contributed by atoms with E-state index in [4.69, 9.17) is 5.73 Å². The largest absolute Gasteiger partial charge is 0.416 e. The minimum absolute atomic E-state index is 0.0839. The van der Waals surface area contributed by atoms with E-state index in [9.17, 15) is 18.3 Å². The van der Waals surface area contributed by atoms with E-state index < -0.39 is 17.8 Å². The van der Waals surface area contributed by atoms with Gasteiger partial charge in [-0.2, -0.15) is 13.2 Å². The van der Waals surface area contributed by atoms with Crippen molar-refractivity contribution in [1.82, 2.24) is 0 Å². The van der Waals surface area contributed by atoms with Gasteiger partial charge in [0.25, 0.3) is 0 Å². The first-order valence-corrected chi connectivity index (χ1v) is 6.96. The molecule has 0 aromatic heterocycles. The third-order valence-electron chi connectivity index (χ3n) is 3.14. The minimum atomic E-state index is -4.46. The van der Waals surface area contributed by atoms with E-state index in [1.165, 1.54) is 6.07 Å². The Bertz CT molecular complexity index is 643. The molecule has 0 saturated heterocycles. The van der Waals surface area contributed by atoms with Crippen molar-refractivity contribution in [1.29, 1.82) is 0 Å². The summed E-state index contributed by atoms with van der Waals surface area (Å²) in [7, 11) is 0. The predicted molar refractivity (Wildman–Crippen MR) is 78.7 cm³/mol. The van der Waals surface area contributed by atoms with Gasteiger partial charge >= 0.3 is 6.18 Å². The van der Waals surface area contributed by atoms with Crippen LogP contribution in [-0.4, -0.2) is 5.11 Å². The smallest absolute Gasteiger partial charge is 0.398 e. The Morgan fingerprint density at radius 1 is 1.14 bits per heavy atom. The number of benzene rings is 2. The molecule has 2 rings (SSSR count).